The number of rotatable bonds is 8. The molecule has 9 heteroatoms. The van der Waals surface area contributed by atoms with Gasteiger partial charge in [0.15, 0.2) is 11.6 Å². The molecule has 3 aromatic rings. The van der Waals surface area contributed by atoms with Gasteiger partial charge in [-0.2, -0.15) is 0 Å². The number of likely N-dealkylation sites (N-methyl/N-ethyl adjacent to an activating group) is 1. The SMILES string of the molecule is C=Cc1c(F)c(Nc2ncnc3cc(Br)cc(OC(C)CN(C)C)c23)cc(F)c1N=C. The highest BCUT2D eigenvalue weighted by Crippen LogP contribution is 2.37. The van der Waals surface area contributed by atoms with Crippen LogP contribution in [-0.2, 0) is 0 Å². The van der Waals surface area contributed by atoms with Gasteiger partial charge in [-0.3, -0.25) is 4.99 Å². The van der Waals surface area contributed by atoms with Gasteiger partial charge < -0.3 is 15.0 Å². The quantitative estimate of drug-likeness (QED) is 0.410. The number of nitrogens with zero attached hydrogens (tertiary/aromatic N) is 4. The van der Waals surface area contributed by atoms with Gasteiger partial charge in [0, 0.05) is 22.6 Å². The van der Waals surface area contributed by atoms with Crippen LogP contribution in [0, 0.1) is 11.6 Å². The van der Waals surface area contributed by atoms with Gasteiger partial charge >= 0.3 is 0 Å². The summed E-state index contributed by atoms with van der Waals surface area (Å²) in [4.78, 5) is 14.1. The molecular weight excluding hydrogens is 468 g/mol. The second-order valence-electron chi connectivity index (χ2n) is 7.18. The fourth-order valence-electron chi connectivity index (χ4n) is 3.28. The molecular formula is C22H22BrF2N5O. The van der Waals surface area contributed by atoms with E-state index in [9.17, 15) is 4.39 Å². The largest absolute Gasteiger partial charge is 0.488 e. The molecule has 0 aliphatic heterocycles. The molecule has 1 aromatic heterocycles. The van der Waals surface area contributed by atoms with Crippen LogP contribution in [0.5, 0.6) is 5.75 Å². The van der Waals surface area contributed by atoms with Crippen molar-refractivity contribution in [3.63, 3.8) is 0 Å². The molecule has 0 saturated heterocycles. The third-order valence-electron chi connectivity index (χ3n) is 4.46. The lowest BCUT2D eigenvalue weighted by Crippen LogP contribution is -2.28. The number of hydrogen-bond donors (Lipinski definition) is 1. The van der Waals surface area contributed by atoms with Crippen LogP contribution in [0.15, 0.2) is 40.6 Å². The molecule has 0 bridgehead atoms. The zero-order valence-corrected chi connectivity index (χ0v) is 19.0. The van der Waals surface area contributed by atoms with Crippen LogP contribution >= 0.6 is 15.9 Å². The third-order valence-corrected chi connectivity index (χ3v) is 4.92. The second-order valence-corrected chi connectivity index (χ2v) is 8.10. The fraction of sp³-hybridized carbons (Fsp3) is 0.227. The van der Waals surface area contributed by atoms with E-state index in [4.69, 9.17) is 4.74 Å². The van der Waals surface area contributed by atoms with Crippen molar-refractivity contribution in [1.82, 2.24) is 14.9 Å². The second kappa shape index (κ2) is 9.49. The molecule has 162 valence electrons. The average Bonchev–Trinajstić information content (AvgIpc) is 2.69. The fourth-order valence-corrected chi connectivity index (χ4v) is 3.70. The van der Waals surface area contributed by atoms with Crippen LogP contribution in [0.3, 0.4) is 0 Å². The minimum absolute atomic E-state index is 0.0883. The summed E-state index contributed by atoms with van der Waals surface area (Å²) in [5, 5.41) is 3.42. The lowest BCUT2D eigenvalue weighted by atomic mass is 10.1. The maximum atomic E-state index is 15.0. The highest BCUT2D eigenvalue weighted by atomic mass is 79.9. The Labute approximate surface area is 187 Å². The van der Waals surface area contributed by atoms with Crippen LogP contribution in [0.2, 0.25) is 0 Å². The van der Waals surface area contributed by atoms with E-state index in [0.29, 0.717) is 23.2 Å². The number of fused-ring (bicyclic) bond motifs is 1. The predicted molar refractivity (Wildman–Crippen MR) is 125 cm³/mol. The van der Waals surface area contributed by atoms with Gasteiger partial charge in [-0.15, -0.1) is 0 Å². The lowest BCUT2D eigenvalue weighted by molar-refractivity contribution is 0.179. The minimum Gasteiger partial charge on any atom is -0.488 e. The third kappa shape index (κ3) is 4.88. The number of aliphatic imine (C=N–C) groups is 1. The molecule has 0 amide bonds. The monoisotopic (exact) mass is 489 g/mol. The summed E-state index contributed by atoms with van der Waals surface area (Å²) in [5.74, 6) is -0.662. The lowest BCUT2D eigenvalue weighted by Gasteiger charge is -2.21. The molecule has 6 nitrogen and oxygen atoms in total. The summed E-state index contributed by atoms with van der Waals surface area (Å²) in [6.45, 7) is 9.46. The van der Waals surface area contributed by atoms with Crippen LogP contribution in [0.1, 0.15) is 12.5 Å². The topological polar surface area (TPSA) is 62.6 Å². The maximum Gasteiger partial charge on any atom is 0.156 e. The Balaban J connectivity index is 2.13. The van der Waals surface area contributed by atoms with Crippen molar-refractivity contribution in [2.75, 3.05) is 26.0 Å². The number of nitrogens with one attached hydrogen (secondary N) is 1. The molecule has 0 radical (unpaired) electrons. The minimum atomic E-state index is -0.731. The van der Waals surface area contributed by atoms with E-state index in [1.807, 2.05) is 25.9 Å². The van der Waals surface area contributed by atoms with Crippen LogP contribution in [0.25, 0.3) is 17.0 Å². The molecule has 2 aromatic carbocycles. The van der Waals surface area contributed by atoms with E-state index in [-0.39, 0.29) is 28.9 Å². The van der Waals surface area contributed by atoms with Gasteiger partial charge in [0.05, 0.1) is 16.6 Å². The smallest absolute Gasteiger partial charge is 0.156 e. The summed E-state index contributed by atoms with van der Waals surface area (Å²) >= 11 is 3.46. The van der Waals surface area contributed by atoms with Gasteiger partial charge in [-0.1, -0.05) is 28.6 Å². The number of benzene rings is 2. The van der Waals surface area contributed by atoms with Gasteiger partial charge in [0.25, 0.3) is 0 Å². The Morgan fingerprint density at radius 3 is 2.68 bits per heavy atom. The number of aromatic nitrogens is 2. The maximum absolute atomic E-state index is 15.0. The molecule has 1 heterocycles. The summed E-state index contributed by atoms with van der Waals surface area (Å²) in [6.07, 6.45) is 2.40. The van der Waals surface area contributed by atoms with Crippen molar-refractivity contribution in [2.45, 2.75) is 13.0 Å². The number of anilines is 2. The van der Waals surface area contributed by atoms with E-state index in [2.05, 4.69) is 49.5 Å². The zero-order valence-electron chi connectivity index (χ0n) is 17.4. The highest BCUT2D eigenvalue weighted by molar-refractivity contribution is 9.10. The van der Waals surface area contributed by atoms with Crippen LogP contribution < -0.4 is 10.1 Å². The van der Waals surface area contributed by atoms with Gasteiger partial charge in [0.1, 0.15) is 29.7 Å². The van der Waals surface area contributed by atoms with E-state index in [1.165, 1.54) is 12.4 Å². The Hall–Kier alpha value is -2.91. The van der Waals surface area contributed by atoms with E-state index < -0.39 is 11.6 Å². The van der Waals surface area contributed by atoms with Crippen LogP contribution in [-0.4, -0.2) is 48.3 Å². The Morgan fingerprint density at radius 2 is 2.03 bits per heavy atom. The van der Waals surface area contributed by atoms with E-state index in [1.54, 1.807) is 12.1 Å². The highest BCUT2D eigenvalue weighted by Gasteiger charge is 2.19. The Morgan fingerprint density at radius 1 is 1.29 bits per heavy atom. The van der Waals surface area contributed by atoms with Crippen molar-refractivity contribution in [3.8, 4) is 5.75 Å². The molecule has 0 fully saturated rings. The predicted octanol–water partition coefficient (Wildman–Crippen LogP) is 5.72. The van der Waals surface area contributed by atoms with Gasteiger partial charge in [-0.25, -0.2) is 18.7 Å². The van der Waals surface area contributed by atoms with Crippen molar-refractivity contribution in [1.29, 1.82) is 0 Å². The molecule has 1 atom stereocenters. The first kappa shape index (κ1) is 22.8. The van der Waals surface area contributed by atoms with Gasteiger partial charge in [-0.05, 0) is 39.9 Å². The summed E-state index contributed by atoms with van der Waals surface area (Å²) in [5.41, 5.74) is 0.175. The normalized spacial score (nSPS) is 12.1. The first-order valence-electron chi connectivity index (χ1n) is 9.39. The average molecular weight is 490 g/mol. The number of hydrogen-bond acceptors (Lipinski definition) is 6. The van der Waals surface area contributed by atoms with Crippen molar-refractivity contribution < 1.29 is 13.5 Å². The van der Waals surface area contributed by atoms with Crippen LogP contribution in [0.4, 0.5) is 26.0 Å². The molecule has 31 heavy (non-hydrogen) atoms. The van der Waals surface area contributed by atoms with Gasteiger partial charge in [0.2, 0.25) is 0 Å². The van der Waals surface area contributed by atoms with Crippen molar-refractivity contribution >= 4 is 56.8 Å². The molecule has 1 N–H and O–H groups in total. The summed E-state index contributed by atoms with van der Waals surface area (Å²) < 4.78 is 36.4. The van der Waals surface area contributed by atoms with Crippen molar-refractivity contribution in [3.05, 3.63) is 52.8 Å². The van der Waals surface area contributed by atoms with Crippen molar-refractivity contribution in [2.24, 2.45) is 4.99 Å². The summed E-state index contributed by atoms with van der Waals surface area (Å²) in [7, 11) is 3.90. The molecule has 0 aliphatic carbocycles. The Bertz CT molecular complexity index is 1150. The first-order valence-corrected chi connectivity index (χ1v) is 10.2. The first-order chi connectivity index (χ1) is 14.7. The summed E-state index contributed by atoms with van der Waals surface area (Å²) in [6, 6.07) is 4.59. The molecule has 0 saturated carbocycles. The van der Waals surface area contributed by atoms with E-state index >= 15 is 4.39 Å². The number of ether oxygens (including phenoxy) is 1. The molecule has 1 unspecified atom stereocenters. The Kier molecular flexibility index (Phi) is 6.97. The van der Waals surface area contributed by atoms with E-state index in [0.717, 1.165) is 10.5 Å². The number of halogens is 3. The zero-order chi connectivity index (χ0) is 22.7. The molecule has 0 aliphatic rings. The molecule has 3 rings (SSSR count). The molecule has 0 spiro atoms. The standard InChI is InChI=1S/C22H22BrF2N5O/c1-6-14-20(25)17(9-15(24)21(14)26-3)29-22-19-16(27-11-28-22)7-13(23)8-18(19)31-12(2)10-30(4)5/h6-9,11-12H,1,3,10H2,2,4-5H3,(H,27,28,29).